The van der Waals surface area contributed by atoms with E-state index in [1.165, 1.54) is 82.3 Å². The molecular formula is C52H47NO. The summed E-state index contributed by atoms with van der Waals surface area (Å²) in [6.07, 6.45) is 0. The zero-order chi connectivity index (χ0) is 37.5. The first kappa shape index (κ1) is 33.0. The largest absolute Gasteiger partial charge is 0.455 e. The van der Waals surface area contributed by atoms with E-state index in [0.717, 1.165) is 28.0 Å². The highest BCUT2D eigenvalue weighted by molar-refractivity contribution is 6.30. The molecule has 0 saturated heterocycles. The second-order valence-corrected chi connectivity index (χ2v) is 18.6. The summed E-state index contributed by atoms with van der Waals surface area (Å²) in [4.78, 5) is 0. The Kier molecular flexibility index (Phi) is 6.71. The lowest BCUT2D eigenvalue weighted by atomic mass is 9.79. The summed E-state index contributed by atoms with van der Waals surface area (Å²) in [7, 11) is 0. The highest BCUT2D eigenvalue weighted by atomic mass is 16.3. The molecule has 10 rings (SSSR count). The maximum absolute atomic E-state index is 7.04. The summed E-state index contributed by atoms with van der Waals surface area (Å²) in [6.45, 7) is 20.7. The van der Waals surface area contributed by atoms with Crippen molar-refractivity contribution in [3.05, 3.63) is 138 Å². The minimum atomic E-state index is -0.0706. The molecule has 54 heavy (non-hydrogen) atoms. The third kappa shape index (κ3) is 4.72. The van der Waals surface area contributed by atoms with Crippen molar-refractivity contribution >= 4 is 54.5 Å². The van der Waals surface area contributed by atoms with E-state index in [-0.39, 0.29) is 16.2 Å². The van der Waals surface area contributed by atoms with Crippen molar-refractivity contribution in [2.24, 2.45) is 0 Å². The molecule has 0 amide bonds. The zero-order valence-electron chi connectivity index (χ0n) is 32.9. The van der Waals surface area contributed by atoms with Crippen LogP contribution in [-0.2, 0) is 16.2 Å². The van der Waals surface area contributed by atoms with Crippen LogP contribution in [0.15, 0.2) is 126 Å². The van der Waals surface area contributed by atoms with E-state index in [1.54, 1.807) is 0 Å². The molecule has 0 atom stereocenters. The fourth-order valence-electron chi connectivity index (χ4n) is 9.01. The minimum absolute atomic E-state index is 0.0154. The summed E-state index contributed by atoms with van der Waals surface area (Å²) in [5.41, 5.74) is 16.9. The van der Waals surface area contributed by atoms with Gasteiger partial charge in [0.05, 0.1) is 11.0 Å². The Hall–Kier alpha value is -5.60. The Morgan fingerprint density at radius 3 is 1.65 bits per heavy atom. The molecule has 2 nitrogen and oxygen atoms in total. The molecule has 0 spiro atoms. The third-order valence-corrected chi connectivity index (χ3v) is 12.0. The van der Waals surface area contributed by atoms with Crippen molar-refractivity contribution in [3.8, 4) is 39.1 Å². The van der Waals surface area contributed by atoms with Gasteiger partial charge in [-0.15, -0.1) is 0 Å². The SMILES string of the molecule is CC(C)(C)c1cc(-c2ccc(-n3c4cccc5c4c4c6c(cccc6ccc43)-c3ccccc3-5)cc2)c2oc3c(C(C)(C)C)cc(C(C)(C)C)cc3c2c1. The average Bonchev–Trinajstić information content (AvgIpc) is 3.65. The Labute approximate surface area is 318 Å². The summed E-state index contributed by atoms with van der Waals surface area (Å²) < 4.78 is 9.51. The summed E-state index contributed by atoms with van der Waals surface area (Å²) in [5.74, 6) is 0. The zero-order valence-corrected chi connectivity index (χ0v) is 32.9. The molecule has 0 unspecified atom stereocenters. The fourth-order valence-corrected chi connectivity index (χ4v) is 9.01. The van der Waals surface area contributed by atoms with Gasteiger partial charge < -0.3 is 8.98 Å². The van der Waals surface area contributed by atoms with E-state index in [4.69, 9.17) is 4.42 Å². The van der Waals surface area contributed by atoms with Gasteiger partial charge >= 0.3 is 0 Å². The molecule has 7 aromatic carbocycles. The molecule has 2 heterocycles. The van der Waals surface area contributed by atoms with Crippen molar-refractivity contribution in [1.29, 1.82) is 0 Å². The van der Waals surface area contributed by atoms with Crippen LogP contribution in [0.5, 0.6) is 0 Å². The maximum atomic E-state index is 7.04. The predicted octanol–water partition coefficient (Wildman–Crippen LogP) is 15.0. The van der Waals surface area contributed by atoms with Gasteiger partial charge in [0.2, 0.25) is 0 Å². The third-order valence-electron chi connectivity index (χ3n) is 12.0. The van der Waals surface area contributed by atoms with Crippen LogP contribution < -0.4 is 0 Å². The van der Waals surface area contributed by atoms with Crippen LogP contribution in [-0.4, -0.2) is 4.57 Å². The Morgan fingerprint density at radius 1 is 0.426 bits per heavy atom. The number of fused-ring (bicyclic) bond motifs is 6. The highest BCUT2D eigenvalue weighted by Crippen LogP contribution is 2.50. The predicted molar refractivity (Wildman–Crippen MR) is 232 cm³/mol. The molecule has 0 N–H and O–H groups in total. The van der Waals surface area contributed by atoms with E-state index in [2.05, 4.69) is 188 Å². The first-order chi connectivity index (χ1) is 25.7. The second kappa shape index (κ2) is 11.0. The molecule has 2 aromatic heterocycles. The van der Waals surface area contributed by atoms with E-state index >= 15 is 0 Å². The molecule has 1 aliphatic carbocycles. The molecule has 0 bridgehead atoms. The van der Waals surface area contributed by atoms with Crippen LogP contribution in [0.2, 0.25) is 0 Å². The van der Waals surface area contributed by atoms with E-state index in [9.17, 15) is 0 Å². The minimum Gasteiger partial charge on any atom is -0.455 e. The quantitative estimate of drug-likeness (QED) is 0.175. The Morgan fingerprint density at radius 2 is 1.00 bits per heavy atom. The second-order valence-electron chi connectivity index (χ2n) is 18.6. The van der Waals surface area contributed by atoms with Gasteiger partial charge in [-0.3, -0.25) is 0 Å². The van der Waals surface area contributed by atoms with Gasteiger partial charge in [-0.1, -0.05) is 141 Å². The average molecular weight is 702 g/mol. The summed E-state index contributed by atoms with van der Waals surface area (Å²) in [5, 5.41) is 7.68. The lowest BCUT2D eigenvalue weighted by Crippen LogP contribution is -2.16. The van der Waals surface area contributed by atoms with Crippen molar-refractivity contribution in [2.45, 2.75) is 78.6 Å². The van der Waals surface area contributed by atoms with E-state index in [0.29, 0.717) is 0 Å². The molecule has 266 valence electrons. The van der Waals surface area contributed by atoms with Crippen LogP contribution in [0.3, 0.4) is 0 Å². The number of hydrogen-bond acceptors (Lipinski definition) is 1. The molecule has 9 aromatic rings. The van der Waals surface area contributed by atoms with Crippen LogP contribution in [0, 0.1) is 0 Å². The van der Waals surface area contributed by atoms with E-state index < -0.39 is 0 Å². The maximum Gasteiger partial charge on any atom is 0.143 e. The topological polar surface area (TPSA) is 18.1 Å². The van der Waals surface area contributed by atoms with Gasteiger partial charge in [-0.05, 0) is 108 Å². The molecule has 1 aliphatic rings. The van der Waals surface area contributed by atoms with Crippen molar-refractivity contribution in [2.75, 3.05) is 0 Å². The first-order valence-corrected chi connectivity index (χ1v) is 19.4. The normalized spacial score (nSPS) is 13.3. The number of hydrogen-bond donors (Lipinski definition) is 0. The number of rotatable bonds is 2. The highest BCUT2D eigenvalue weighted by Gasteiger charge is 2.28. The Balaban J connectivity index is 1.22. The molecule has 0 radical (unpaired) electrons. The van der Waals surface area contributed by atoms with Crippen molar-refractivity contribution in [1.82, 2.24) is 4.57 Å². The smallest absolute Gasteiger partial charge is 0.143 e. The standard InChI is InChI=1S/C52H47NO/c1-50(2,3)32-26-39(48-40(27-32)41-28-33(51(4,5)6)29-42(49(41)54-48)52(7,8)9)30-20-23-34(24-21-30)53-43-19-13-18-38-36-16-11-10-15-35(36)37-17-12-14-31-22-25-44(53)47(45(31)37)46(38)43/h10-29H,1-9H3. The van der Waals surface area contributed by atoms with Gasteiger partial charge in [-0.25, -0.2) is 0 Å². The fraction of sp³-hybridized carbons (Fsp3) is 0.231. The van der Waals surface area contributed by atoms with Crippen LogP contribution in [0.4, 0.5) is 0 Å². The summed E-state index contributed by atoms with van der Waals surface area (Å²) >= 11 is 0. The molecule has 2 heteroatoms. The molecular weight excluding hydrogens is 655 g/mol. The van der Waals surface area contributed by atoms with Gasteiger partial charge in [0.25, 0.3) is 0 Å². The summed E-state index contributed by atoms with van der Waals surface area (Å²) in [6, 6.07) is 45.8. The van der Waals surface area contributed by atoms with Gasteiger partial charge in [-0.2, -0.15) is 0 Å². The Bertz CT molecular complexity index is 3020. The number of nitrogens with zero attached hydrogens (tertiary/aromatic N) is 1. The van der Waals surface area contributed by atoms with Crippen LogP contribution >= 0.6 is 0 Å². The molecule has 0 aliphatic heterocycles. The molecule has 0 fully saturated rings. The molecule has 0 saturated carbocycles. The number of furan rings is 1. The van der Waals surface area contributed by atoms with E-state index in [1.807, 2.05) is 0 Å². The van der Waals surface area contributed by atoms with Crippen molar-refractivity contribution < 1.29 is 4.42 Å². The lowest BCUT2D eigenvalue weighted by Gasteiger charge is -2.25. The number of benzene rings is 7. The van der Waals surface area contributed by atoms with Crippen LogP contribution in [0.25, 0.3) is 93.6 Å². The van der Waals surface area contributed by atoms with Gasteiger partial charge in [0.1, 0.15) is 11.2 Å². The first-order valence-electron chi connectivity index (χ1n) is 19.4. The van der Waals surface area contributed by atoms with Crippen molar-refractivity contribution in [3.63, 3.8) is 0 Å². The lowest BCUT2D eigenvalue weighted by molar-refractivity contribution is 0.559. The van der Waals surface area contributed by atoms with Gasteiger partial charge in [0.15, 0.2) is 0 Å². The number of aromatic nitrogens is 1. The van der Waals surface area contributed by atoms with Crippen LogP contribution in [0.1, 0.15) is 79.0 Å². The van der Waals surface area contributed by atoms with Gasteiger partial charge in [0, 0.05) is 38.4 Å². The monoisotopic (exact) mass is 701 g/mol.